The number of amides is 1. The number of ketones is 1. The van der Waals surface area contributed by atoms with E-state index in [9.17, 15) is 14.4 Å². The number of benzene rings is 1. The van der Waals surface area contributed by atoms with Crippen LogP contribution in [0.15, 0.2) is 30.3 Å². The summed E-state index contributed by atoms with van der Waals surface area (Å²) in [5.74, 6) is -0.895. The van der Waals surface area contributed by atoms with Crippen LogP contribution in [0, 0.1) is 0 Å². The summed E-state index contributed by atoms with van der Waals surface area (Å²) in [7, 11) is 0. The lowest BCUT2D eigenvalue weighted by molar-refractivity contribution is -0.155. The number of hydrogen-bond donors (Lipinski definition) is 1. The van der Waals surface area contributed by atoms with Crippen molar-refractivity contribution < 1.29 is 19.1 Å². The molecular weight excluding hydrogens is 294 g/mol. The van der Waals surface area contributed by atoms with Gasteiger partial charge in [-0.3, -0.25) is 14.4 Å². The Kier molecular flexibility index (Phi) is 6.32. The lowest BCUT2D eigenvalue weighted by Crippen LogP contribution is -2.40. The van der Waals surface area contributed by atoms with Gasteiger partial charge in [-0.05, 0) is 19.8 Å². The number of Topliss-reactive ketones (excluding diaryl/α,β-unsaturated/α-hetero) is 1. The van der Waals surface area contributed by atoms with E-state index in [1.807, 2.05) is 6.07 Å². The van der Waals surface area contributed by atoms with Crippen LogP contribution in [-0.2, 0) is 14.3 Å². The summed E-state index contributed by atoms with van der Waals surface area (Å²) < 4.78 is 5.11. The van der Waals surface area contributed by atoms with Gasteiger partial charge >= 0.3 is 5.97 Å². The van der Waals surface area contributed by atoms with Gasteiger partial charge in [-0.2, -0.15) is 0 Å². The van der Waals surface area contributed by atoms with Crippen molar-refractivity contribution in [2.45, 2.75) is 57.6 Å². The molecule has 1 aromatic carbocycles. The average Bonchev–Trinajstić information content (AvgIpc) is 3.06. The molecule has 1 amide bonds. The van der Waals surface area contributed by atoms with Crippen LogP contribution in [0.4, 0.5) is 0 Å². The molecule has 0 aliphatic heterocycles. The van der Waals surface area contributed by atoms with Gasteiger partial charge in [-0.25, -0.2) is 0 Å². The smallest absolute Gasteiger partial charge is 0.307 e. The molecule has 2 rings (SSSR count). The highest BCUT2D eigenvalue weighted by Gasteiger charge is 2.23. The van der Waals surface area contributed by atoms with Crippen LogP contribution in [0.25, 0.3) is 0 Å². The van der Waals surface area contributed by atoms with Gasteiger partial charge in [0.1, 0.15) is 0 Å². The number of carbonyl (C=O) groups is 3. The van der Waals surface area contributed by atoms with Gasteiger partial charge in [0, 0.05) is 18.0 Å². The maximum atomic E-state index is 11.9. The zero-order chi connectivity index (χ0) is 16.7. The van der Waals surface area contributed by atoms with Crippen molar-refractivity contribution in [3.05, 3.63) is 35.9 Å². The molecule has 0 bridgehead atoms. The normalized spacial score (nSPS) is 15.9. The minimum absolute atomic E-state index is 0.0191. The van der Waals surface area contributed by atoms with Crippen molar-refractivity contribution in [2.24, 2.45) is 0 Å². The predicted octanol–water partition coefficient (Wildman–Crippen LogP) is 2.64. The Bertz CT molecular complexity index is 549. The van der Waals surface area contributed by atoms with Crippen LogP contribution in [0.1, 0.15) is 55.8 Å². The van der Waals surface area contributed by atoms with Gasteiger partial charge in [-0.1, -0.05) is 43.2 Å². The summed E-state index contributed by atoms with van der Waals surface area (Å²) in [5.41, 5.74) is 0.576. The fourth-order valence-electron chi connectivity index (χ4n) is 2.68. The number of esters is 1. The zero-order valence-corrected chi connectivity index (χ0v) is 13.4. The standard InChI is InChI=1S/C18H23NO4/c1-13(18(22)19-15-9-5-6-10-15)23-17(21)12-11-16(20)14-7-3-2-4-8-14/h2-4,7-8,13,15H,5-6,9-12H2,1H3,(H,19,22). The van der Waals surface area contributed by atoms with Crippen molar-refractivity contribution in [3.63, 3.8) is 0 Å². The number of ether oxygens (including phenoxy) is 1. The Morgan fingerprint density at radius 2 is 1.78 bits per heavy atom. The summed E-state index contributed by atoms with van der Waals surface area (Å²) >= 11 is 0. The maximum absolute atomic E-state index is 11.9. The van der Waals surface area contributed by atoms with Gasteiger partial charge in [0.05, 0.1) is 6.42 Å². The first-order valence-corrected chi connectivity index (χ1v) is 8.14. The Morgan fingerprint density at radius 3 is 2.43 bits per heavy atom. The van der Waals surface area contributed by atoms with Crippen molar-refractivity contribution in [3.8, 4) is 0 Å². The molecule has 5 nitrogen and oxygen atoms in total. The molecule has 0 aromatic heterocycles. The van der Waals surface area contributed by atoms with Gasteiger partial charge in [0.15, 0.2) is 11.9 Å². The number of nitrogens with one attached hydrogen (secondary N) is 1. The monoisotopic (exact) mass is 317 g/mol. The van der Waals surface area contributed by atoms with Crippen LogP contribution in [0.3, 0.4) is 0 Å². The largest absolute Gasteiger partial charge is 0.453 e. The van der Waals surface area contributed by atoms with E-state index >= 15 is 0 Å². The van der Waals surface area contributed by atoms with E-state index in [4.69, 9.17) is 4.74 Å². The third-order valence-electron chi connectivity index (χ3n) is 4.03. The first-order chi connectivity index (χ1) is 11.1. The van der Waals surface area contributed by atoms with E-state index < -0.39 is 12.1 Å². The Balaban J connectivity index is 1.71. The summed E-state index contributed by atoms with van der Waals surface area (Å²) in [6, 6.07) is 9.01. The molecule has 1 unspecified atom stereocenters. The lowest BCUT2D eigenvalue weighted by atomic mass is 10.1. The minimum atomic E-state index is -0.824. The third kappa shape index (κ3) is 5.51. The Labute approximate surface area is 136 Å². The molecule has 0 spiro atoms. The zero-order valence-electron chi connectivity index (χ0n) is 13.4. The maximum Gasteiger partial charge on any atom is 0.307 e. The summed E-state index contributed by atoms with van der Waals surface area (Å²) in [6.07, 6.45) is 3.46. The van der Waals surface area contributed by atoms with Gasteiger partial charge in [0.2, 0.25) is 0 Å². The summed E-state index contributed by atoms with van der Waals surface area (Å²) in [4.78, 5) is 35.6. The highest BCUT2D eigenvalue weighted by molar-refractivity contribution is 5.97. The van der Waals surface area contributed by atoms with Crippen LogP contribution in [-0.4, -0.2) is 29.8 Å². The van der Waals surface area contributed by atoms with Crippen molar-refractivity contribution >= 4 is 17.7 Å². The molecule has 5 heteroatoms. The highest BCUT2D eigenvalue weighted by Crippen LogP contribution is 2.17. The fourth-order valence-corrected chi connectivity index (χ4v) is 2.68. The molecule has 0 radical (unpaired) electrons. The number of carbonyl (C=O) groups excluding carboxylic acids is 3. The number of hydrogen-bond acceptors (Lipinski definition) is 4. The van der Waals surface area contributed by atoms with Gasteiger partial charge < -0.3 is 10.1 Å². The molecule has 0 saturated heterocycles. The molecule has 1 saturated carbocycles. The lowest BCUT2D eigenvalue weighted by Gasteiger charge is -2.17. The molecule has 124 valence electrons. The molecule has 23 heavy (non-hydrogen) atoms. The summed E-state index contributed by atoms with van der Waals surface area (Å²) in [5, 5.41) is 2.89. The van der Waals surface area contributed by atoms with Gasteiger partial charge in [-0.15, -0.1) is 0 Å². The topological polar surface area (TPSA) is 72.5 Å². The molecule has 1 atom stereocenters. The Morgan fingerprint density at radius 1 is 1.13 bits per heavy atom. The third-order valence-corrected chi connectivity index (χ3v) is 4.03. The molecular formula is C18H23NO4. The quantitative estimate of drug-likeness (QED) is 0.620. The summed E-state index contributed by atoms with van der Waals surface area (Å²) in [6.45, 7) is 1.56. The van der Waals surface area contributed by atoms with Crippen molar-refractivity contribution in [2.75, 3.05) is 0 Å². The molecule has 0 heterocycles. The average molecular weight is 317 g/mol. The van der Waals surface area contributed by atoms with Crippen LogP contribution >= 0.6 is 0 Å². The molecule has 1 aromatic rings. The minimum Gasteiger partial charge on any atom is -0.453 e. The van der Waals surface area contributed by atoms with E-state index in [2.05, 4.69) is 5.32 Å². The second kappa shape index (κ2) is 8.46. The van der Waals surface area contributed by atoms with Gasteiger partial charge in [0.25, 0.3) is 5.91 Å². The molecule has 1 fully saturated rings. The first kappa shape index (κ1) is 17.2. The van der Waals surface area contributed by atoms with Crippen LogP contribution in [0.5, 0.6) is 0 Å². The van der Waals surface area contributed by atoms with E-state index in [-0.39, 0.29) is 30.6 Å². The predicted molar refractivity (Wildman–Crippen MR) is 86.0 cm³/mol. The van der Waals surface area contributed by atoms with Crippen molar-refractivity contribution in [1.82, 2.24) is 5.32 Å². The van der Waals surface area contributed by atoms with E-state index in [1.165, 1.54) is 0 Å². The second-order valence-electron chi connectivity index (χ2n) is 5.91. The Hall–Kier alpha value is -2.17. The second-order valence-corrected chi connectivity index (χ2v) is 5.91. The van der Waals surface area contributed by atoms with Crippen LogP contribution in [0.2, 0.25) is 0 Å². The van der Waals surface area contributed by atoms with Crippen molar-refractivity contribution in [1.29, 1.82) is 0 Å². The van der Waals surface area contributed by atoms with E-state index in [1.54, 1.807) is 31.2 Å². The first-order valence-electron chi connectivity index (χ1n) is 8.14. The fraction of sp³-hybridized carbons (Fsp3) is 0.500. The number of rotatable bonds is 7. The van der Waals surface area contributed by atoms with E-state index in [0.717, 1.165) is 25.7 Å². The molecule has 1 aliphatic rings. The van der Waals surface area contributed by atoms with Crippen LogP contribution < -0.4 is 5.32 Å². The van der Waals surface area contributed by atoms with E-state index in [0.29, 0.717) is 5.56 Å². The SMILES string of the molecule is CC(OC(=O)CCC(=O)c1ccccc1)C(=O)NC1CCCC1. The molecule has 1 aliphatic carbocycles. The molecule has 1 N–H and O–H groups in total. The highest BCUT2D eigenvalue weighted by atomic mass is 16.5.